The molecule has 1 aliphatic rings. The molecule has 1 aliphatic heterocycles. The van der Waals surface area contributed by atoms with E-state index in [1.807, 2.05) is 18.2 Å². The quantitative estimate of drug-likeness (QED) is 0.521. The molecule has 1 saturated heterocycles. The second-order valence-corrected chi connectivity index (χ2v) is 6.84. The predicted octanol–water partition coefficient (Wildman–Crippen LogP) is 3.14. The number of benzene rings is 1. The summed E-state index contributed by atoms with van der Waals surface area (Å²) in [5.74, 6) is -0.551. The monoisotopic (exact) mass is 392 g/mol. The van der Waals surface area contributed by atoms with Crippen LogP contribution >= 0.6 is 11.8 Å². The molecule has 0 aromatic heterocycles. The van der Waals surface area contributed by atoms with Crippen LogP contribution in [0.4, 0.5) is 10.5 Å². The highest BCUT2D eigenvalue weighted by Crippen LogP contribution is 2.36. The number of nitrogens with zero attached hydrogens (tertiary/aromatic N) is 2. The molecular formula is C19H24N2O5S. The fourth-order valence-electron chi connectivity index (χ4n) is 2.84. The normalized spacial score (nSPS) is 16.6. The van der Waals surface area contributed by atoms with E-state index in [0.29, 0.717) is 11.3 Å². The summed E-state index contributed by atoms with van der Waals surface area (Å²) < 4.78 is 10.1. The molecule has 0 N–H and O–H groups in total. The van der Waals surface area contributed by atoms with Crippen molar-refractivity contribution in [3.8, 4) is 5.75 Å². The van der Waals surface area contributed by atoms with Gasteiger partial charge in [0.25, 0.3) is 11.1 Å². The van der Waals surface area contributed by atoms with Crippen molar-refractivity contribution in [2.75, 3.05) is 32.2 Å². The number of amides is 2. The maximum absolute atomic E-state index is 12.6. The largest absolute Gasteiger partial charge is 0.496 e. The third-order valence-corrected chi connectivity index (χ3v) is 5.27. The average Bonchev–Trinajstić information content (AvgIpc) is 2.95. The first kappa shape index (κ1) is 20.8. The van der Waals surface area contributed by atoms with E-state index in [-0.39, 0.29) is 4.91 Å². The van der Waals surface area contributed by atoms with Gasteiger partial charge in [0, 0.05) is 30.4 Å². The molecule has 1 aromatic carbocycles. The maximum Gasteiger partial charge on any atom is 0.328 e. The number of methoxy groups -OCH3 is 2. The summed E-state index contributed by atoms with van der Waals surface area (Å²) in [4.78, 5) is 39.8. The minimum absolute atomic E-state index is 0.240. The Kier molecular flexibility index (Phi) is 6.90. The number of ether oxygens (including phenoxy) is 2. The molecule has 2 amide bonds. The van der Waals surface area contributed by atoms with Crippen molar-refractivity contribution in [1.82, 2.24) is 4.90 Å². The molecule has 2 rings (SSSR count). The highest BCUT2D eigenvalue weighted by Gasteiger charge is 2.41. The molecule has 1 fully saturated rings. The van der Waals surface area contributed by atoms with Gasteiger partial charge in [-0.3, -0.25) is 14.5 Å². The first-order valence-corrected chi connectivity index (χ1v) is 9.47. The Balaban J connectivity index is 2.34. The van der Waals surface area contributed by atoms with Crippen LogP contribution in [0.3, 0.4) is 0 Å². The smallest absolute Gasteiger partial charge is 0.328 e. The van der Waals surface area contributed by atoms with E-state index >= 15 is 0 Å². The molecule has 146 valence electrons. The molecule has 1 aromatic rings. The van der Waals surface area contributed by atoms with Crippen LogP contribution in [0.1, 0.15) is 26.3 Å². The van der Waals surface area contributed by atoms with Crippen molar-refractivity contribution in [2.24, 2.45) is 0 Å². The van der Waals surface area contributed by atoms with Gasteiger partial charge < -0.3 is 14.4 Å². The summed E-state index contributed by atoms with van der Waals surface area (Å²) in [6.45, 7) is 7.34. The zero-order valence-electron chi connectivity index (χ0n) is 16.1. The van der Waals surface area contributed by atoms with Crippen LogP contribution in [0.2, 0.25) is 0 Å². The van der Waals surface area contributed by atoms with Crippen LogP contribution in [0, 0.1) is 0 Å². The summed E-state index contributed by atoms with van der Waals surface area (Å²) in [5, 5.41) is -0.497. The lowest BCUT2D eigenvalue weighted by atomic mass is 10.1. The maximum atomic E-state index is 12.6. The first-order valence-electron chi connectivity index (χ1n) is 8.65. The van der Waals surface area contributed by atoms with Gasteiger partial charge in [0.05, 0.1) is 19.1 Å². The zero-order valence-corrected chi connectivity index (χ0v) is 17.0. The van der Waals surface area contributed by atoms with Crippen LogP contribution in [-0.2, 0) is 14.3 Å². The van der Waals surface area contributed by atoms with Crippen molar-refractivity contribution in [2.45, 2.75) is 26.8 Å². The van der Waals surface area contributed by atoms with Crippen molar-refractivity contribution in [3.05, 3.63) is 28.7 Å². The fraction of sp³-hybridized carbons (Fsp3) is 0.421. The molecule has 0 saturated carbocycles. The van der Waals surface area contributed by atoms with E-state index in [1.165, 1.54) is 14.0 Å². The van der Waals surface area contributed by atoms with E-state index in [2.05, 4.69) is 23.5 Å². The Morgan fingerprint density at radius 1 is 1.26 bits per heavy atom. The van der Waals surface area contributed by atoms with E-state index in [1.54, 1.807) is 13.2 Å². The van der Waals surface area contributed by atoms with Gasteiger partial charge in [0.15, 0.2) is 0 Å². The van der Waals surface area contributed by atoms with Crippen LogP contribution in [0.5, 0.6) is 5.75 Å². The molecular weight excluding hydrogens is 368 g/mol. The van der Waals surface area contributed by atoms with Crippen molar-refractivity contribution < 1.29 is 23.9 Å². The third kappa shape index (κ3) is 4.27. The minimum atomic E-state index is -0.972. The Bertz CT molecular complexity index is 773. The van der Waals surface area contributed by atoms with Gasteiger partial charge in [0.1, 0.15) is 11.8 Å². The third-order valence-electron chi connectivity index (χ3n) is 4.39. The predicted molar refractivity (Wildman–Crippen MR) is 106 cm³/mol. The minimum Gasteiger partial charge on any atom is -0.496 e. The van der Waals surface area contributed by atoms with Crippen LogP contribution in [0.15, 0.2) is 23.1 Å². The Morgan fingerprint density at radius 2 is 1.93 bits per heavy atom. The lowest BCUT2D eigenvalue weighted by molar-refractivity contribution is -0.148. The topological polar surface area (TPSA) is 76.2 Å². The average molecular weight is 392 g/mol. The number of esters is 1. The van der Waals surface area contributed by atoms with Crippen molar-refractivity contribution in [1.29, 1.82) is 0 Å². The van der Waals surface area contributed by atoms with Gasteiger partial charge in [-0.2, -0.15) is 0 Å². The molecule has 0 aliphatic carbocycles. The molecule has 1 heterocycles. The van der Waals surface area contributed by atoms with Gasteiger partial charge in [-0.15, -0.1) is 0 Å². The van der Waals surface area contributed by atoms with E-state index in [4.69, 9.17) is 4.74 Å². The van der Waals surface area contributed by atoms with Gasteiger partial charge in [-0.25, -0.2) is 4.79 Å². The standard InChI is InChI=1S/C19H24N2O5S/c1-6-20(7-2)14-9-8-13(15(11-14)25-4)10-16-17(22)21(19(24)27-16)12(3)18(23)26-5/h8-12H,6-7H2,1-5H3/b16-10+/t12-/m0/s1. The number of hydrogen-bond donors (Lipinski definition) is 0. The number of carbonyl (C=O) groups excluding carboxylic acids is 3. The van der Waals surface area contributed by atoms with Gasteiger partial charge in [-0.1, -0.05) is 0 Å². The lowest BCUT2D eigenvalue weighted by Gasteiger charge is -2.22. The Morgan fingerprint density at radius 3 is 2.48 bits per heavy atom. The number of carbonyl (C=O) groups is 3. The van der Waals surface area contributed by atoms with Gasteiger partial charge >= 0.3 is 5.97 Å². The van der Waals surface area contributed by atoms with Gasteiger partial charge in [-0.05, 0) is 50.7 Å². The fourth-order valence-corrected chi connectivity index (χ4v) is 3.73. The van der Waals surface area contributed by atoms with E-state index in [0.717, 1.165) is 35.4 Å². The molecule has 0 radical (unpaired) electrons. The Labute approximate surface area is 163 Å². The summed E-state index contributed by atoms with van der Waals surface area (Å²) in [6.07, 6.45) is 1.61. The highest BCUT2D eigenvalue weighted by atomic mass is 32.2. The summed E-state index contributed by atoms with van der Waals surface area (Å²) in [6, 6.07) is 4.73. The van der Waals surface area contributed by atoms with E-state index < -0.39 is 23.2 Å². The van der Waals surface area contributed by atoms with Crippen LogP contribution in [0.25, 0.3) is 6.08 Å². The number of hydrogen-bond acceptors (Lipinski definition) is 7. The second-order valence-electron chi connectivity index (χ2n) is 5.85. The SMILES string of the molecule is CCN(CC)c1ccc(/C=C2/SC(=O)N([C@@H](C)C(=O)OC)C2=O)c(OC)c1. The number of anilines is 1. The molecule has 7 nitrogen and oxygen atoms in total. The van der Waals surface area contributed by atoms with E-state index in [9.17, 15) is 14.4 Å². The molecule has 0 bridgehead atoms. The summed E-state index contributed by atoms with van der Waals surface area (Å²) in [5.41, 5.74) is 1.70. The zero-order chi connectivity index (χ0) is 20.1. The second kappa shape index (κ2) is 8.94. The molecule has 1 atom stereocenters. The van der Waals surface area contributed by atoms with Crippen molar-refractivity contribution in [3.63, 3.8) is 0 Å². The molecule has 27 heavy (non-hydrogen) atoms. The Hall–Kier alpha value is -2.48. The number of rotatable bonds is 7. The van der Waals surface area contributed by atoms with Gasteiger partial charge in [0.2, 0.25) is 0 Å². The number of imide groups is 1. The van der Waals surface area contributed by atoms with Crippen LogP contribution < -0.4 is 9.64 Å². The van der Waals surface area contributed by atoms with Crippen molar-refractivity contribution >= 4 is 40.6 Å². The summed E-state index contributed by atoms with van der Waals surface area (Å²) in [7, 11) is 2.78. The summed E-state index contributed by atoms with van der Waals surface area (Å²) >= 11 is 0.796. The first-order chi connectivity index (χ1) is 12.9. The number of thioether (sulfide) groups is 1. The van der Waals surface area contributed by atoms with Crippen LogP contribution in [-0.4, -0.2) is 55.4 Å². The molecule has 0 unspecified atom stereocenters. The molecule has 0 spiro atoms. The highest BCUT2D eigenvalue weighted by molar-refractivity contribution is 8.18. The lowest BCUT2D eigenvalue weighted by Crippen LogP contribution is -2.42. The molecule has 8 heteroatoms.